The fourth-order valence-electron chi connectivity index (χ4n) is 5.06. The van der Waals surface area contributed by atoms with Crippen LogP contribution in [0.15, 0.2) is 12.1 Å². The molecule has 0 saturated carbocycles. The largest absolute Gasteiger partial charge is 0.310 e. The van der Waals surface area contributed by atoms with Crippen LogP contribution in [0.5, 0.6) is 0 Å². The maximum atomic E-state index is 3.88. The lowest BCUT2D eigenvalue weighted by atomic mass is 9.72. The zero-order valence-corrected chi connectivity index (χ0v) is 21.0. The third-order valence-electron chi connectivity index (χ3n) is 6.40. The van der Waals surface area contributed by atoms with Gasteiger partial charge in [0.15, 0.2) is 0 Å². The molecule has 3 atom stereocenters. The van der Waals surface area contributed by atoms with Crippen LogP contribution in [0.3, 0.4) is 0 Å². The van der Waals surface area contributed by atoms with Crippen molar-refractivity contribution in [1.82, 2.24) is 10.6 Å². The highest BCUT2D eigenvalue weighted by Gasteiger charge is 2.36. The molecule has 3 rings (SSSR count). The third kappa shape index (κ3) is 5.00. The Morgan fingerprint density at radius 2 is 1.50 bits per heavy atom. The van der Waals surface area contributed by atoms with Gasteiger partial charge in [0.1, 0.15) is 0 Å². The van der Waals surface area contributed by atoms with Crippen molar-refractivity contribution < 1.29 is 0 Å². The number of rotatable bonds is 5. The van der Waals surface area contributed by atoms with Crippen LogP contribution in [0.25, 0.3) is 0 Å². The summed E-state index contributed by atoms with van der Waals surface area (Å²) in [4.78, 5) is 0. The predicted octanol–water partition coefficient (Wildman–Crippen LogP) is 6.06. The van der Waals surface area contributed by atoms with E-state index in [4.69, 9.17) is 0 Å². The van der Waals surface area contributed by atoms with E-state index in [1.54, 1.807) is 22.3 Å². The molecule has 0 radical (unpaired) electrons. The SMILES string of the molecule is CC(C)(C)c1ccc(CP)c(CP(C2CCCN2)C2CCCN2)c1C(C)(C)C. The molecule has 28 heavy (non-hydrogen) atoms. The smallest absolute Gasteiger partial charge is 0.0286 e. The van der Waals surface area contributed by atoms with Crippen LogP contribution < -0.4 is 10.6 Å². The molecule has 2 saturated heterocycles. The quantitative estimate of drug-likeness (QED) is 0.566. The number of hydrogen-bond donors (Lipinski definition) is 2. The Bertz CT molecular complexity index is 644. The minimum atomic E-state index is -0.104. The van der Waals surface area contributed by atoms with Crippen LogP contribution in [-0.4, -0.2) is 24.7 Å². The van der Waals surface area contributed by atoms with Crippen molar-refractivity contribution in [3.8, 4) is 0 Å². The molecule has 2 heterocycles. The lowest BCUT2D eigenvalue weighted by Crippen LogP contribution is -2.31. The van der Waals surface area contributed by atoms with E-state index in [0.29, 0.717) is 0 Å². The first-order valence-electron chi connectivity index (χ1n) is 11.2. The van der Waals surface area contributed by atoms with E-state index in [0.717, 1.165) is 17.7 Å². The van der Waals surface area contributed by atoms with E-state index in [2.05, 4.69) is 73.5 Å². The summed E-state index contributed by atoms with van der Waals surface area (Å²) >= 11 is 0. The van der Waals surface area contributed by atoms with Crippen molar-refractivity contribution in [3.63, 3.8) is 0 Å². The number of nitrogens with one attached hydrogen (secondary N) is 2. The molecule has 0 aromatic heterocycles. The monoisotopic (exact) mass is 420 g/mol. The zero-order chi connectivity index (χ0) is 20.5. The Morgan fingerprint density at radius 3 is 1.89 bits per heavy atom. The minimum absolute atomic E-state index is 0.104. The molecule has 0 bridgehead atoms. The maximum absolute atomic E-state index is 3.88. The molecule has 2 N–H and O–H groups in total. The van der Waals surface area contributed by atoms with Crippen molar-refractivity contribution in [2.24, 2.45) is 0 Å². The van der Waals surface area contributed by atoms with Crippen molar-refractivity contribution in [1.29, 1.82) is 0 Å². The van der Waals surface area contributed by atoms with E-state index >= 15 is 0 Å². The lowest BCUT2D eigenvalue weighted by molar-refractivity contribution is 0.526. The van der Waals surface area contributed by atoms with E-state index < -0.39 is 0 Å². The lowest BCUT2D eigenvalue weighted by Gasteiger charge is -2.37. The first-order valence-corrected chi connectivity index (χ1v) is 13.7. The second-order valence-corrected chi connectivity index (χ2v) is 13.7. The summed E-state index contributed by atoms with van der Waals surface area (Å²) in [6, 6.07) is 4.85. The van der Waals surface area contributed by atoms with E-state index in [9.17, 15) is 0 Å². The molecule has 0 aliphatic carbocycles. The number of hydrogen-bond acceptors (Lipinski definition) is 2. The average molecular weight is 421 g/mol. The molecular weight excluding hydrogens is 378 g/mol. The van der Waals surface area contributed by atoms with Crippen molar-refractivity contribution >= 4 is 17.2 Å². The molecule has 2 aliphatic rings. The zero-order valence-electron chi connectivity index (χ0n) is 19.0. The standard InChI is InChI=1S/C24H42N2P2/c1-23(2,3)19-12-11-17(15-27)18(22(19)24(4,5)6)16-28(20-9-7-13-25-20)21-10-8-14-26-21/h11-12,20-21,25-26H,7-10,13-16,27H2,1-6H3. The van der Waals surface area contributed by atoms with Crippen LogP contribution in [-0.2, 0) is 23.2 Å². The summed E-state index contributed by atoms with van der Waals surface area (Å²) in [7, 11) is 2.89. The van der Waals surface area contributed by atoms with Gasteiger partial charge in [0.25, 0.3) is 0 Å². The molecule has 1 aromatic carbocycles. The topological polar surface area (TPSA) is 24.1 Å². The van der Waals surface area contributed by atoms with E-state index in [1.165, 1.54) is 44.9 Å². The molecule has 0 spiro atoms. The summed E-state index contributed by atoms with van der Waals surface area (Å²) in [5, 5.41) is 7.76. The molecule has 3 unspecified atom stereocenters. The van der Waals surface area contributed by atoms with Gasteiger partial charge in [0, 0.05) is 11.6 Å². The Kier molecular flexibility index (Phi) is 7.30. The average Bonchev–Trinajstić information content (AvgIpc) is 3.31. The van der Waals surface area contributed by atoms with Crippen LogP contribution in [0.4, 0.5) is 0 Å². The molecule has 158 valence electrons. The molecule has 4 heteroatoms. The predicted molar refractivity (Wildman–Crippen MR) is 130 cm³/mol. The van der Waals surface area contributed by atoms with Crippen molar-refractivity contribution in [2.75, 3.05) is 13.1 Å². The van der Waals surface area contributed by atoms with E-state index in [1.807, 2.05) is 0 Å². The second kappa shape index (κ2) is 9.01. The Balaban J connectivity index is 2.09. The van der Waals surface area contributed by atoms with Crippen molar-refractivity contribution in [2.45, 2.75) is 102 Å². The molecule has 2 fully saturated rings. The molecule has 0 amide bonds. The Morgan fingerprint density at radius 1 is 0.929 bits per heavy atom. The molecule has 2 nitrogen and oxygen atoms in total. The van der Waals surface area contributed by atoms with Crippen LogP contribution in [0, 0.1) is 0 Å². The highest BCUT2D eigenvalue weighted by atomic mass is 31.1. The molecular formula is C24H42N2P2. The summed E-state index contributed by atoms with van der Waals surface area (Å²) in [5.41, 5.74) is 6.74. The van der Waals surface area contributed by atoms with Gasteiger partial charge in [-0.25, -0.2) is 0 Å². The van der Waals surface area contributed by atoms with Gasteiger partial charge in [-0.3, -0.25) is 0 Å². The second-order valence-electron chi connectivity index (χ2n) is 10.7. The summed E-state index contributed by atoms with van der Waals surface area (Å²) in [5.74, 6) is 1.46. The van der Waals surface area contributed by atoms with Gasteiger partial charge < -0.3 is 10.6 Å². The van der Waals surface area contributed by atoms with Gasteiger partial charge in [-0.1, -0.05) is 61.6 Å². The maximum Gasteiger partial charge on any atom is 0.0286 e. The fourth-order valence-corrected chi connectivity index (χ4v) is 8.80. The highest BCUT2D eigenvalue weighted by molar-refractivity contribution is 7.58. The van der Waals surface area contributed by atoms with Gasteiger partial charge in [-0.05, 0) is 84.2 Å². The van der Waals surface area contributed by atoms with Crippen LogP contribution in [0.2, 0.25) is 0 Å². The highest BCUT2D eigenvalue weighted by Crippen LogP contribution is 2.54. The van der Waals surface area contributed by atoms with Gasteiger partial charge in [-0.15, -0.1) is 9.24 Å². The first-order chi connectivity index (χ1) is 13.1. The molecule has 2 aliphatic heterocycles. The first kappa shape index (κ1) is 22.7. The third-order valence-corrected chi connectivity index (χ3v) is 10.0. The fraction of sp³-hybridized carbons (Fsp3) is 0.750. The van der Waals surface area contributed by atoms with Gasteiger partial charge in [-0.2, -0.15) is 0 Å². The minimum Gasteiger partial charge on any atom is -0.310 e. The number of benzene rings is 1. The summed E-state index contributed by atoms with van der Waals surface area (Å²) in [6.07, 6.45) is 7.75. The Labute approximate surface area is 177 Å². The summed E-state index contributed by atoms with van der Waals surface area (Å²) < 4.78 is 0. The van der Waals surface area contributed by atoms with E-state index in [-0.39, 0.29) is 18.8 Å². The van der Waals surface area contributed by atoms with Crippen molar-refractivity contribution in [3.05, 3.63) is 34.4 Å². The van der Waals surface area contributed by atoms with Gasteiger partial charge in [0.2, 0.25) is 0 Å². The summed E-state index contributed by atoms with van der Waals surface area (Å²) in [6.45, 7) is 16.8. The van der Waals surface area contributed by atoms with Crippen LogP contribution in [0.1, 0.15) is 89.5 Å². The molecule has 1 aromatic rings. The van der Waals surface area contributed by atoms with Gasteiger partial charge in [0.05, 0.1) is 0 Å². The van der Waals surface area contributed by atoms with Gasteiger partial charge >= 0.3 is 0 Å². The Hall–Kier alpha value is -0.0000000000000000555. The van der Waals surface area contributed by atoms with Crippen LogP contribution >= 0.6 is 17.2 Å². The normalized spacial score (nSPS) is 24.7.